The maximum absolute atomic E-state index is 5.62. The van der Waals surface area contributed by atoms with Crippen molar-refractivity contribution in [2.75, 3.05) is 17.9 Å². The van der Waals surface area contributed by atoms with E-state index in [1.165, 1.54) is 11.0 Å². The minimum atomic E-state index is 0. The number of anilines is 1. The van der Waals surface area contributed by atoms with Gasteiger partial charge in [0.05, 0.1) is 10.7 Å². The van der Waals surface area contributed by atoms with E-state index in [2.05, 4.69) is 59.2 Å². The summed E-state index contributed by atoms with van der Waals surface area (Å²) in [4.78, 5) is 0. The van der Waals surface area contributed by atoms with Gasteiger partial charge >= 0.3 is 0 Å². The van der Waals surface area contributed by atoms with E-state index >= 15 is 0 Å². The van der Waals surface area contributed by atoms with Crippen LogP contribution in [0.4, 0.5) is 5.95 Å². The number of nitrogens with two attached hydrogens (primary N) is 1. The molecular formula is C12H14Br2Cl2N6O. The van der Waals surface area contributed by atoms with Gasteiger partial charge in [-0.25, -0.2) is 10.1 Å². The molecule has 0 fully saturated rings. The average molecular weight is 489 g/mol. The molecule has 3 N–H and O–H groups in total. The highest BCUT2D eigenvalue weighted by Gasteiger charge is 2.08. The van der Waals surface area contributed by atoms with Crippen molar-refractivity contribution in [1.29, 1.82) is 0 Å². The Morgan fingerprint density at radius 1 is 1.39 bits per heavy atom. The fourth-order valence-corrected chi connectivity index (χ4v) is 2.83. The lowest BCUT2D eigenvalue weighted by Gasteiger charge is -2.10. The highest BCUT2D eigenvalue weighted by Crippen LogP contribution is 2.32. The average Bonchev–Trinajstić information content (AvgIpc) is 2.83. The molecule has 0 amide bonds. The van der Waals surface area contributed by atoms with E-state index in [0.29, 0.717) is 18.3 Å². The number of nitrogen functional groups attached to an aromatic ring is 1. The van der Waals surface area contributed by atoms with Crippen molar-refractivity contribution in [3.05, 3.63) is 45.6 Å². The molecule has 126 valence electrons. The predicted octanol–water partition coefficient (Wildman–Crippen LogP) is 3.37. The molecule has 1 aromatic carbocycles. The Balaban J connectivity index is 0.00000242. The van der Waals surface area contributed by atoms with Gasteiger partial charge in [0.1, 0.15) is 18.7 Å². The van der Waals surface area contributed by atoms with Crippen LogP contribution in [0, 0.1) is 0 Å². The van der Waals surface area contributed by atoms with E-state index in [1.807, 2.05) is 12.1 Å². The van der Waals surface area contributed by atoms with Gasteiger partial charge in [0.2, 0.25) is 0 Å². The maximum Gasteiger partial charge on any atom is 0.263 e. The molecule has 0 saturated carbocycles. The third-order valence-electron chi connectivity index (χ3n) is 2.32. The van der Waals surface area contributed by atoms with E-state index in [-0.39, 0.29) is 24.8 Å². The third kappa shape index (κ3) is 6.02. The molecule has 2 rings (SSSR count). The smallest absolute Gasteiger partial charge is 0.263 e. The van der Waals surface area contributed by atoms with E-state index in [4.69, 9.17) is 10.6 Å². The van der Waals surface area contributed by atoms with Crippen LogP contribution in [-0.2, 0) is 0 Å². The lowest BCUT2D eigenvalue weighted by molar-refractivity contribution is 0.360. The number of hydrogen-bond acceptors (Lipinski definition) is 6. The number of nitrogens with one attached hydrogen (secondary N) is 1. The Bertz CT molecular complexity index is 680. The van der Waals surface area contributed by atoms with E-state index in [0.717, 1.165) is 14.5 Å². The summed E-state index contributed by atoms with van der Waals surface area (Å²) < 4.78 is 8.55. The Hall–Kier alpha value is -1.29. The summed E-state index contributed by atoms with van der Waals surface area (Å²) in [7, 11) is 0. The van der Waals surface area contributed by atoms with Gasteiger partial charge in [0, 0.05) is 10.0 Å². The van der Waals surface area contributed by atoms with Gasteiger partial charge in [-0.15, -0.1) is 35.0 Å². The van der Waals surface area contributed by atoms with Crippen molar-refractivity contribution in [3.8, 4) is 5.75 Å². The number of rotatable bonds is 6. The van der Waals surface area contributed by atoms with Crippen molar-refractivity contribution < 1.29 is 4.74 Å². The molecule has 0 atom stereocenters. The number of ether oxygens (including phenoxy) is 1. The maximum atomic E-state index is 5.62. The molecule has 2 aromatic rings. The molecule has 7 nitrogen and oxygen atoms in total. The summed E-state index contributed by atoms with van der Waals surface area (Å²) in [6, 6.07) is 3.77. The van der Waals surface area contributed by atoms with Gasteiger partial charge in [-0.3, -0.25) is 0 Å². The third-order valence-corrected chi connectivity index (χ3v) is 3.37. The van der Waals surface area contributed by atoms with Crippen LogP contribution in [0.15, 0.2) is 45.2 Å². The van der Waals surface area contributed by atoms with Gasteiger partial charge in [-0.05, 0) is 28.1 Å². The zero-order chi connectivity index (χ0) is 15.2. The number of hydrazone groups is 1. The van der Waals surface area contributed by atoms with Gasteiger partial charge in [0.15, 0.2) is 0 Å². The van der Waals surface area contributed by atoms with Crippen LogP contribution in [0.3, 0.4) is 0 Å². The zero-order valence-electron chi connectivity index (χ0n) is 11.6. The second kappa shape index (κ2) is 10.5. The first-order valence-electron chi connectivity index (χ1n) is 5.78. The van der Waals surface area contributed by atoms with Crippen LogP contribution in [0.25, 0.3) is 0 Å². The lowest BCUT2D eigenvalue weighted by atomic mass is 10.2. The van der Waals surface area contributed by atoms with Gasteiger partial charge in [-0.2, -0.15) is 5.10 Å². The zero-order valence-corrected chi connectivity index (χ0v) is 16.5. The van der Waals surface area contributed by atoms with Crippen molar-refractivity contribution in [2.45, 2.75) is 0 Å². The number of benzene rings is 1. The van der Waals surface area contributed by atoms with Crippen LogP contribution >= 0.6 is 56.7 Å². The minimum Gasteiger partial charge on any atom is -0.488 e. The molecule has 23 heavy (non-hydrogen) atoms. The minimum absolute atomic E-state index is 0. The first kappa shape index (κ1) is 21.7. The fourth-order valence-electron chi connectivity index (χ4n) is 1.45. The molecular weight excluding hydrogens is 475 g/mol. The Morgan fingerprint density at radius 3 is 2.74 bits per heavy atom. The Labute approximate surface area is 162 Å². The van der Waals surface area contributed by atoms with Gasteiger partial charge in [-0.1, -0.05) is 28.6 Å². The van der Waals surface area contributed by atoms with Gasteiger partial charge < -0.3 is 10.6 Å². The monoisotopic (exact) mass is 486 g/mol. The molecule has 0 radical (unpaired) electrons. The standard InChI is InChI=1S/C12H12Br2N6O.2ClH/c1-2-3-21-11-8(4-9(13)5-10(11)14)6-16-18-12-19-17-7-20(12)15;;/h2,4-7H,1,3,15H2,(H,18,19);2*1H. The number of halogens is 4. The second-order valence-electron chi connectivity index (χ2n) is 3.84. The molecule has 1 heterocycles. The Morgan fingerprint density at radius 2 is 2.13 bits per heavy atom. The highest BCUT2D eigenvalue weighted by atomic mass is 79.9. The van der Waals surface area contributed by atoms with Crippen molar-refractivity contribution >= 4 is 68.8 Å². The molecule has 0 bridgehead atoms. The summed E-state index contributed by atoms with van der Waals surface area (Å²) >= 11 is 6.88. The summed E-state index contributed by atoms with van der Waals surface area (Å²) in [5.74, 6) is 6.56. The largest absolute Gasteiger partial charge is 0.488 e. The summed E-state index contributed by atoms with van der Waals surface area (Å²) in [6.07, 6.45) is 4.64. The van der Waals surface area contributed by atoms with E-state index in [1.54, 1.807) is 12.3 Å². The number of aromatic nitrogens is 3. The summed E-state index contributed by atoms with van der Waals surface area (Å²) in [5.41, 5.74) is 3.46. The van der Waals surface area contributed by atoms with Crippen molar-refractivity contribution in [2.24, 2.45) is 5.10 Å². The SMILES string of the molecule is C=CCOc1c(Br)cc(Br)cc1C=NNc1nncn1N.Cl.Cl. The van der Waals surface area contributed by atoms with Crippen LogP contribution in [0.5, 0.6) is 5.75 Å². The van der Waals surface area contributed by atoms with E-state index < -0.39 is 0 Å². The first-order valence-corrected chi connectivity index (χ1v) is 7.37. The van der Waals surface area contributed by atoms with Crippen LogP contribution in [0.2, 0.25) is 0 Å². The number of nitrogens with zero attached hydrogens (tertiary/aromatic N) is 4. The topological polar surface area (TPSA) is 90.3 Å². The molecule has 0 aliphatic carbocycles. The molecule has 0 aliphatic heterocycles. The van der Waals surface area contributed by atoms with Gasteiger partial charge in [0.25, 0.3) is 5.95 Å². The summed E-state index contributed by atoms with van der Waals surface area (Å²) in [6.45, 7) is 4.03. The Kier molecular flexibility index (Phi) is 9.89. The number of hydrogen-bond donors (Lipinski definition) is 2. The molecule has 0 spiro atoms. The quantitative estimate of drug-likeness (QED) is 0.281. The summed E-state index contributed by atoms with van der Waals surface area (Å²) in [5, 5.41) is 11.5. The molecule has 1 aromatic heterocycles. The molecule has 0 unspecified atom stereocenters. The molecule has 0 aliphatic rings. The highest BCUT2D eigenvalue weighted by molar-refractivity contribution is 9.11. The van der Waals surface area contributed by atoms with Crippen molar-refractivity contribution in [1.82, 2.24) is 14.9 Å². The second-order valence-corrected chi connectivity index (χ2v) is 5.61. The first-order chi connectivity index (χ1) is 10.1. The van der Waals surface area contributed by atoms with Crippen LogP contribution in [-0.4, -0.2) is 27.7 Å². The fraction of sp³-hybridized carbons (Fsp3) is 0.0833. The predicted molar refractivity (Wildman–Crippen MR) is 103 cm³/mol. The normalized spacial score (nSPS) is 9.83. The van der Waals surface area contributed by atoms with Crippen molar-refractivity contribution in [3.63, 3.8) is 0 Å². The van der Waals surface area contributed by atoms with E-state index in [9.17, 15) is 0 Å². The molecule has 11 heteroatoms. The molecule has 0 saturated heterocycles. The lowest BCUT2D eigenvalue weighted by Crippen LogP contribution is -2.10. The van der Waals surface area contributed by atoms with Crippen LogP contribution in [0.1, 0.15) is 5.56 Å². The van der Waals surface area contributed by atoms with Crippen LogP contribution < -0.4 is 16.0 Å².